The molecule has 1 heterocycles. The summed E-state index contributed by atoms with van der Waals surface area (Å²) in [5, 5.41) is 9.38. The minimum atomic E-state index is -3.55. The summed E-state index contributed by atoms with van der Waals surface area (Å²) in [7, 11) is -2.08. The molecule has 0 aliphatic rings. The van der Waals surface area contributed by atoms with Crippen LogP contribution in [-0.4, -0.2) is 20.6 Å². The van der Waals surface area contributed by atoms with Crippen molar-refractivity contribution in [2.45, 2.75) is 11.1 Å². The highest BCUT2D eigenvalue weighted by Crippen LogP contribution is 2.28. The molecular weight excluding hydrogens is 270 g/mol. The maximum atomic E-state index is 12.3. The molecule has 0 saturated heterocycles. The molecule has 0 fully saturated rings. The fraction of sp³-hybridized carbons (Fsp3) is 0.167. The van der Waals surface area contributed by atoms with Crippen LogP contribution in [0.1, 0.15) is 4.88 Å². The van der Waals surface area contributed by atoms with Crippen LogP contribution in [0.15, 0.2) is 40.6 Å². The molecule has 0 aliphatic carbocycles. The van der Waals surface area contributed by atoms with Crippen LogP contribution in [0.4, 0.5) is 5.69 Å². The first-order valence-corrected chi connectivity index (χ1v) is 7.51. The zero-order valence-electron chi connectivity index (χ0n) is 9.99. The summed E-state index contributed by atoms with van der Waals surface area (Å²) in [6, 6.07) is 9.52. The second-order valence-electron chi connectivity index (χ2n) is 3.86. The molecule has 4 nitrogen and oxygen atoms in total. The van der Waals surface area contributed by atoms with Crippen molar-refractivity contribution < 1.29 is 13.5 Å². The van der Waals surface area contributed by atoms with Gasteiger partial charge in [0, 0.05) is 18.0 Å². The van der Waals surface area contributed by atoms with Crippen molar-refractivity contribution in [2.75, 3.05) is 11.4 Å². The number of sulfonamides is 1. The molecule has 2 rings (SSSR count). The molecule has 0 bridgehead atoms. The van der Waals surface area contributed by atoms with E-state index in [0.717, 1.165) is 9.18 Å². The molecule has 0 unspecified atom stereocenters. The quantitative estimate of drug-likeness (QED) is 0.942. The first-order valence-electron chi connectivity index (χ1n) is 5.25. The number of hydrogen-bond acceptors (Lipinski definition) is 4. The maximum absolute atomic E-state index is 12.3. The molecule has 0 saturated carbocycles. The third-order valence-electron chi connectivity index (χ3n) is 2.52. The predicted octanol–water partition coefficient (Wildman–Crippen LogP) is 2.59. The van der Waals surface area contributed by atoms with Crippen molar-refractivity contribution in [2.24, 2.45) is 0 Å². The molecule has 0 spiro atoms. The van der Waals surface area contributed by atoms with E-state index in [1.165, 1.54) is 30.5 Å². The largest absolute Gasteiger partial charge is 0.508 e. The zero-order chi connectivity index (χ0) is 13.3. The van der Waals surface area contributed by atoms with Gasteiger partial charge in [-0.05, 0) is 31.2 Å². The van der Waals surface area contributed by atoms with E-state index >= 15 is 0 Å². The van der Waals surface area contributed by atoms with Crippen LogP contribution in [0.25, 0.3) is 0 Å². The van der Waals surface area contributed by atoms with E-state index in [2.05, 4.69) is 0 Å². The van der Waals surface area contributed by atoms with Crippen molar-refractivity contribution in [3.63, 3.8) is 0 Å². The smallest absolute Gasteiger partial charge is 0.273 e. The Hall–Kier alpha value is -1.53. The highest BCUT2D eigenvalue weighted by atomic mass is 32.2. The first kappa shape index (κ1) is 12.9. The normalized spacial score (nSPS) is 11.4. The standard InChI is InChI=1S/C12H13NO3S2/c1-9-6-7-12(17-9)18(15,16)13(2)10-4-3-5-11(14)8-10/h3-8,14H,1-2H3. The Kier molecular flexibility index (Phi) is 3.32. The number of phenolic OH excluding ortho intramolecular Hbond substituents is 1. The van der Waals surface area contributed by atoms with Crippen LogP contribution in [0.5, 0.6) is 5.75 Å². The number of thiophene rings is 1. The van der Waals surface area contributed by atoms with E-state index in [9.17, 15) is 13.5 Å². The van der Waals surface area contributed by atoms with Crippen LogP contribution >= 0.6 is 11.3 Å². The average molecular weight is 283 g/mol. The SMILES string of the molecule is Cc1ccc(S(=O)(=O)N(C)c2cccc(O)c2)s1. The highest BCUT2D eigenvalue weighted by Gasteiger charge is 2.22. The summed E-state index contributed by atoms with van der Waals surface area (Å²) in [4.78, 5) is 0.942. The summed E-state index contributed by atoms with van der Waals surface area (Å²) in [5.41, 5.74) is 0.432. The molecular formula is C12H13NO3S2. The maximum Gasteiger partial charge on any atom is 0.273 e. The van der Waals surface area contributed by atoms with Crippen LogP contribution < -0.4 is 4.31 Å². The zero-order valence-corrected chi connectivity index (χ0v) is 11.6. The van der Waals surface area contributed by atoms with Gasteiger partial charge in [0.2, 0.25) is 0 Å². The van der Waals surface area contributed by atoms with Gasteiger partial charge in [-0.3, -0.25) is 4.31 Å². The fourth-order valence-electron chi connectivity index (χ4n) is 1.51. The van der Waals surface area contributed by atoms with Crippen LogP contribution in [0.2, 0.25) is 0 Å². The van der Waals surface area contributed by atoms with E-state index in [-0.39, 0.29) is 5.75 Å². The average Bonchev–Trinajstić information content (AvgIpc) is 2.75. The highest BCUT2D eigenvalue weighted by molar-refractivity contribution is 7.94. The molecule has 6 heteroatoms. The second kappa shape index (κ2) is 4.62. The van der Waals surface area contributed by atoms with Gasteiger partial charge in [-0.2, -0.15) is 0 Å². The number of anilines is 1. The number of rotatable bonds is 3. The molecule has 1 aromatic heterocycles. The van der Waals surface area contributed by atoms with Gasteiger partial charge in [-0.1, -0.05) is 6.07 Å². The molecule has 96 valence electrons. The van der Waals surface area contributed by atoms with Crippen LogP contribution in [-0.2, 0) is 10.0 Å². The Balaban J connectivity index is 2.42. The molecule has 0 aliphatic heterocycles. The van der Waals surface area contributed by atoms with Gasteiger partial charge < -0.3 is 5.11 Å². The molecule has 0 radical (unpaired) electrons. The molecule has 1 N–H and O–H groups in total. The summed E-state index contributed by atoms with van der Waals surface area (Å²) in [5.74, 6) is 0.0388. The first-order chi connectivity index (χ1) is 8.41. The minimum absolute atomic E-state index is 0.0388. The lowest BCUT2D eigenvalue weighted by Gasteiger charge is -2.18. The van der Waals surface area contributed by atoms with Gasteiger partial charge in [0.25, 0.3) is 10.0 Å². The number of phenols is 1. The van der Waals surface area contributed by atoms with Gasteiger partial charge in [0.15, 0.2) is 0 Å². The van der Waals surface area contributed by atoms with Crippen molar-refractivity contribution in [3.05, 3.63) is 41.3 Å². The monoisotopic (exact) mass is 283 g/mol. The van der Waals surface area contributed by atoms with Crippen molar-refractivity contribution >= 4 is 27.0 Å². The molecule has 0 amide bonds. The number of aryl methyl sites for hydroxylation is 1. The van der Waals surface area contributed by atoms with E-state index in [1.807, 2.05) is 6.92 Å². The second-order valence-corrected chi connectivity index (χ2v) is 7.34. The molecule has 2 aromatic rings. The van der Waals surface area contributed by atoms with Crippen molar-refractivity contribution in [3.8, 4) is 5.75 Å². The Morgan fingerprint density at radius 3 is 2.50 bits per heavy atom. The molecule has 0 atom stereocenters. The number of aromatic hydroxyl groups is 1. The van der Waals surface area contributed by atoms with Gasteiger partial charge >= 0.3 is 0 Å². The number of nitrogens with zero attached hydrogens (tertiary/aromatic N) is 1. The lowest BCUT2D eigenvalue weighted by Crippen LogP contribution is -2.25. The molecule has 1 aromatic carbocycles. The fourth-order valence-corrected chi connectivity index (χ4v) is 4.15. The Labute approximate surface area is 110 Å². The van der Waals surface area contributed by atoms with E-state index < -0.39 is 10.0 Å². The summed E-state index contributed by atoms with van der Waals surface area (Å²) in [6.45, 7) is 1.86. The van der Waals surface area contributed by atoms with E-state index in [0.29, 0.717) is 9.90 Å². The summed E-state index contributed by atoms with van der Waals surface area (Å²) in [6.07, 6.45) is 0. The van der Waals surface area contributed by atoms with Crippen molar-refractivity contribution in [1.82, 2.24) is 0 Å². The predicted molar refractivity (Wildman–Crippen MR) is 72.8 cm³/mol. The third kappa shape index (κ3) is 2.34. The minimum Gasteiger partial charge on any atom is -0.508 e. The van der Waals surface area contributed by atoms with Crippen LogP contribution in [0, 0.1) is 6.92 Å². The van der Waals surface area contributed by atoms with Gasteiger partial charge in [-0.25, -0.2) is 8.42 Å². The van der Waals surface area contributed by atoms with Gasteiger partial charge in [0.1, 0.15) is 9.96 Å². The van der Waals surface area contributed by atoms with E-state index in [1.54, 1.807) is 24.3 Å². The summed E-state index contributed by atoms with van der Waals surface area (Å²) < 4.78 is 26.1. The Bertz CT molecular complexity index is 661. The lowest BCUT2D eigenvalue weighted by molar-refractivity contribution is 0.475. The lowest BCUT2D eigenvalue weighted by atomic mass is 10.3. The summed E-state index contributed by atoms with van der Waals surface area (Å²) >= 11 is 1.23. The number of benzene rings is 1. The molecule has 18 heavy (non-hydrogen) atoms. The Morgan fingerprint density at radius 2 is 1.94 bits per heavy atom. The van der Waals surface area contributed by atoms with Gasteiger partial charge in [0.05, 0.1) is 5.69 Å². The van der Waals surface area contributed by atoms with Crippen LogP contribution in [0.3, 0.4) is 0 Å². The van der Waals surface area contributed by atoms with Gasteiger partial charge in [-0.15, -0.1) is 11.3 Å². The topological polar surface area (TPSA) is 57.6 Å². The van der Waals surface area contributed by atoms with E-state index in [4.69, 9.17) is 0 Å². The van der Waals surface area contributed by atoms with Crippen molar-refractivity contribution in [1.29, 1.82) is 0 Å². The number of hydrogen-bond donors (Lipinski definition) is 1. The Morgan fingerprint density at radius 1 is 1.22 bits per heavy atom. The third-order valence-corrected chi connectivity index (χ3v) is 5.78.